The summed E-state index contributed by atoms with van der Waals surface area (Å²) in [5.74, 6) is 0.271. The van der Waals surface area contributed by atoms with Gasteiger partial charge in [0.1, 0.15) is 0 Å². The van der Waals surface area contributed by atoms with Crippen molar-refractivity contribution in [2.24, 2.45) is 11.1 Å². The second-order valence-corrected chi connectivity index (χ2v) is 6.20. The van der Waals surface area contributed by atoms with Crippen LogP contribution in [0.4, 0.5) is 0 Å². The van der Waals surface area contributed by atoms with E-state index in [-0.39, 0.29) is 11.3 Å². The number of hydrogen-bond acceptors (Lipinski definition) is 2. The minimum atomic E-state index is -0.193. The lowest BCUT2D eigenvalue weighted by atomic mass is 9.86. The smallest absolute Gasteiger partial charge is 0.0963 e. The maximum Gasteiger partial charge on any atom is 0.0963 e. The average Bonchev–Trinajstić information content (AvgIpc) is 2.31. The first kappa shape index (κ1) is 16.0. The van der Waals surface area contributed by atoms with Gasteiger partial charge in [0.05, 0.1) is 5.84 Å². The number of hydrogen-bond donors (Lipinski definition) is 2. The molecule has 0 amide bonds. The van der Waals surface area contributed by atoms with E-state index in [0.29, 0.717) is 0 Å². The molecule has 106 valence electrons. The molecule has 0 aliphatic rings. The lowest BCUT2D eigenvalue weighted by molar-refractivity contribution is 0.300. The maximum absolute atomic E-state index is 7.53. The fraction of sp³-hybridized carbons (Fsp3) is 0.533. The van der Waals surface area contributed by atoms with Crippen molar-refractivity contribution in [1.29, 1.82) is 5.41 Å². The van der Waals surface area contributed by atoms with Crippen LogP contribution in [-0.2, 0) is 6.54 Å². The van der Waals surface area contributed by atoms with Crippen molar-refractivity contribution >= 4 is 17.4 Å². The maximum atomic E-state index is 7.53. The van der Waals surface area contributed by atoms with Gasteiger partial charge in [-0.3, -0.25) is 5.41 Å². The Balaban J connectivity index is 2.34. The fourth-order valence-corrected chi connectivity index (χ4v) is 2.03. The van der Waals surface area contributed by atoms with Gasteiger partial charge >= 0.3 is 0 Å². The number of nitrogens with two attached hydrogens (primary N) is 1. The molecule has 3 N–H and O–H groups in total. The van der Waals surface area contributed by atoms with Crippen molar-refractivity contribution in [3.05, 3.63) is 34.9 Å². The van der Waals surface area contributed by atoms with E-state index in [1.54, 1.807) is 0 Å². The Kier molecular flexibility index (Phi) is 5.83. The Morgan fingerprint density at radius 3 is 2.42 bits per heavy atom. The molecule has 1 aromatic carbocycles. The Bertz CT molecular complexity index is 412. The highest BCUT2D eigenvalue weighted by atomic mass is 35.5. The lowest BCUT2D eigenvalue weighted by Crippen LogP contribution is -2.31. The number of rotatable bonds is 7. The first-order valence-electron chi connectivity index (χ1n) is 6.59. The molecule has 0 spiro atoms. The minimum Gasteiger partial charge on any atom is -0.387 e. The van der Waals surface area contributed by atoms with Crippen LogP contribution in [-0.4, -0.2) is 24.3 Å². The number of benzene rings is 1. The molecule has 0 aliphatic heterocycles. The molecular formula is C15H24ClN3. The predicted molar refractivity (Wildman–Crippen MR) is 82.7 cm³/mol. The number of nitrogens with one attached hydrogen (secondary N) is 1. The summed E-state index contributed by atoms with van der Waals surface area (Å²) in [5, 5.41) is 8.31. The zero-order valence-corrected chi connectivity index (χ0v) is 12.8. The highest BCUT2D eigenvalue weighted by molar-refractivity contribution is 6.30. The van der Waals surface area contributed by atoms with Gasteiger partial charge in [-0.15, -0.1) is 0 Å². The monoisotopic (exact) mass is 281 g/mol. The van der Waals surface area contributed by atoms with E-state index in [4.69, 9.17) is 22.7 Å². The molecule has 0 unspecified atom stereocenters. The highest BCUT2D eigenvalue weighted by Gasteiger charge is 2.20. The van der Waals surface area contributed by atoms with Gasteiger partial charge in [-0.25, -0.2) is 0 Å². The van der Waals surface area contributed by atoms with Gasteiger partial charge in [0.15, 0.2) is 0 Å². The molecule has 0 atom stereocenters. The molecule has 0 fully saturated rings. The van der Waals surface area contributed by atoms with Crippen LogP contribution in [0.25, 0.3) is 0 Å². The van der Waals surface area contributed by atoms with E-state index in [9.17, 15) is 0 Å². The Morgan fingerprint density at radius 2 is 1.89 bits per heavy atom. The molecule has 0 saturated carbocycles. The third-order valence-corrected chi connectivity index (χ3v) is 3.69. The lowest BCUT2D eigenvalue weighted by Gasteiger charge is -2.24. The predicted octanol–water partition coefficient (Wildman–Crippen LogP) is 3.51. The van der Waals surface area contributed by atoms with Crippen LogP contribution in [0, 0.1) is 10.8 Å². The summed E-state index contributed by atoms with van der Waals surface area (Å²) in [7, 11) is 2.11. The summed E-state index contributed by atoms with van der Waals surface area (Å²) in [6.45, 7) is 5.96. The molecule has 0 heterocycles. The molecule has 3 nitrogen and oxygen atoms in total. The molecule has 1 rings (SSSR count). The third kappa shape index (κ3) is 5.62. The van der Waals surface area contributed by atoms with E-state index >= 15 is 0 Å². The Labute approximate surface area is 121 Å². The summed E-state index contributed by atoms with van der Waals surface area (Å²) in [4.78, 5) is 2.28. The third-order valence-electron chi connectivity index (χ3n) is 3.44. The zero-order chi connectivity index (χ0) is 14.5. The van der Waals surface area contributed by atoms with Crippen molar-refractivity contribution in [2.45, 2.75) is 33.2 Å². The summed E-state index contributed by atoms with van der Waals surface area (Å²) in [6, 6.07) is 7.95. The van der Waals surface area contributed by atoms with Crippen molar-refractivity contribution < 1.29 is 0 Å². The summed E-state index contributed by atoms with van der Waals surface area (Å²) >= 11 is 5.87. The summed E-state index contributed by atoms with van der Waals surface area (Å²) in [5.41, 5.74) is 6.65. The molecule has 0 aliphatic carbocycles. The quantitative estimate of drug-likeness (QED) is 0.593. The van der Waals surface area contributed by atoms with Crippen molar-refractivity contribution in [2.75, 3.05) is 13.6 Å². The van der Waals surface area contributed by atoms with Crippen LogP contribution in [0.15, 0.2) is 24.3 Å². The van der Waals surface area contributed by atoms with E-state index in [1.807, 2.05) is 26.0 Å². The van der Waals surface area contributed by atoms with Crippen LogP contribution < -0.4 is 5.73 Å². The van der Waals surface area contributed by atoms with Gasteiger partial charge in [-0.2, -0.15) is 0 Å². The molecule has 1 aromatic rings. The molecule has 4 heteroatoms. The zero-order valence-electron chi connectivity index (χ0n) is 12.0. The van der Waals surface area contributed by atoms with Gasteiger partial charge in [0.2, 0.25) is 0 Å². The van der Waals surface area contributed by atoms with Crippen LogP contribution in [0.3, 0.4) is 0 Å². The SMILES string of the molecule is CN(CCCC(C)(C)C(=N)N)Cc1ccc(Cl)cc1. The first-order valence-corrected chi connectivity index (χ1v) is 6.96. The second kappa shape index (κ2) is 6.92. The Morgan fingerprint density at radius 1 is 1.32 bits per heavy atom. The van der Waals surface area contributed by atoms with Crippen molar-refractivity contribution in [3.63, 3.8) is 0 Å². The van der Waals surface area contributed by atoms with E-state index < -0.39 is 0 Å². The molecule has 0 radical (unpaired) electrons. The van der Waals surface area contributed by atoms with E-state index in [2.05, 4.69) is 24.1 Å². The fourth-order valence-electron chi connectivity index (χ4n) is 1.91. The van der Waals surface area contributed by atoms with Gasteiger partial charge in [0, 0.05) is 17.0 Å². The number of amidine groups is 1. The summed E-state index contributed by atoms with van der Waals surface area (Å²) < 4.78 is 0. The van der Waals surface area contributed by atoms with E-state index in [0.717, 1.165) is 31.0 Å². The van der Waals surface area contributed by atoms with Crippen LogP contribution in [0.2, 0.25) is 5.02 Å². The van der Waals surface area contributed by atoms with E-state index in [1.165, 1.54) is 5.56 Å². The molecule has 0 aromatic heterocycles. The van der Waals surface area contributed by atoms with Crippen molar-refractivity contribution in [3.8, 4) is 0 Å². The molecule has 0 saturated heterocycles. The topological polar surface area (TPSA) is 53.1 Å². The van der Waals surface area contributed by atoms with Gasteiger partial charge in [0.25, 0.3) is 0 Å². The first-order chi connectivity index (χ1) is 8.81. The average molecular weight is 282 g/mol. The standard InChI is InChI=1S/C15H24ClN3/c1-15(2,14(17)18)9-4-10-19(3)11-12-5-7-13(16)8-6-12/h5-8H,4,9-11H2,1-3H3,(H3,17,18). The van der Waals surface area contributed by atoms with Crippen LogP contribution in [0.5, 0.6) is 0 Å². The van der Waals surface area contributed by atoms with Gasteiger partial charge in [-0.1, -0.05) is 37.6 Å². The van der Waals surface area contributed by atoms with Crippen LogP contribution >= 0.6 is 11.6 Å². The molecule has 19 heavy (non-hydrogen) atoms. The van der Waals surface area contributed by atoms with Gasteiger partial charge < -0.3 is 10.6 Å². The largest absolute Gasteiger partial charge is 0.387 e. The molecular weight excluding hydrogens is 258 g/mol. The number of halogens is 1. The molecule has 0 bridgehead atoms. The second-order valence-electron chi connectivity index (χ2n) is 5.77. The minimum absolute atomic E-state index is 0.193. The Hall–Kier alpha value is -1.06. The summed E-state index contributed by atoms with van der Waals surface area (Å²) in [6.07, 6.45) is 1.98. The number of nitrogens with zero attached hydrogens (tertiary/aromatic N) is 1. The normalized spacial score (nSPS) is 11.8. The van der Waals surface area contributed by atoms with Crippen LogP contribution in [0.1, 0.15) is 32.3 Å². The van der Waals surface area contributed by atoms with Gasteiger partial charge in [-0.05, 0) is 44.1 Å². The highest BCUT2D eigenvalue weighted by Crippen LogP contribution is 2.22. The van der Waals surface area contributed by atoms with Crippen molar-refractivity contribution in [1.82, 2.24) is 4.90 Å².